The van der Waals surface area contributed by atoms with E-state index in [2.05, 4.69) is 5.32 Å². The molecule has 0 radical (unpaired) electrons. The van der Waals surface area contributed by atoms with Gasteiger partial charge in [0, 0.05) is 29.1 Å². The minimum atomic E-state index is -1.11. The highest BCUT2D eigenvalue weighted by atomic mass is 32.2. The lowest BCUT2D eigenvalue weighted by molar-refractivity contribution is -0.119. The minimum absolute atomic E-state index is 0.0771. The Hall–Kier alpha value is -0.420. The number of amides is 1. The molecular formula is C9H20N2O2S. The summed E-state index contributed by atoms with van der Waals surface area (Å²) in [6.07, 6.45) is 1.82. The Morgan fingerprint density at radius 1 is 1.43 bits per heavy atom. The molecule has 0 aromatic rings. The molecule has 0 aliphatic rings. The van der Waals surface area contributed by atoms with Crippen LogP contribution in [0.4, 0.5) is 0 Å². The molecule has 1 amide bonds. The van der Waals surface area contributed by atoms with Gasteiger partial charge in [-0.1, -0.05) is 13.8 Å². The predicted molar refractivity (Wildman–Crippen MR) is 59.4 cm³/mol. The first-order valence-electron chi connectivity index (χ1n) is 4.98. The summed E-state index contributed by atoms with van der Waals surface area (Å²) in [6, 6.07) is 0.206. The van der Waals surface area contributed by atoms with E-state index in [4.69, 9.17) is 5.73 Å². The molecule has 4 nitrogen and oxygen atoms in total. The SMILES string of the molecule is CCC(CC)NC(=O)CS(=O)CCN. The average molecular weight is 220 g/mol. The molecule has 1 atom stereocenters. The summed E-state index contributed by atoms with van der Waals surface area (Å²) in [7, 11) is -1.11. The van der Waals surface area contributed by atoms with Crippen molar-refractivity contribution in [2.24, 2.45) is 5.73 Å². The van der Waals surface area contributed by atoms with Crippen LogP contribution >= 0.6 is 0 Å². The summed E-state index contributed by atoms with van der Waals surface area (Å²) in [6.45, 7) is 4.40. The fraction of sp³-hybridized carbons (Fsp3) is 0.889. The van der Waals surface area contributed by atoms with Crippen molar-refractivity contribution in [1.29, 1.82) is 0 Å². The van der Waals surface area contributed by atoms with E-state index in [1.54, 1.807) is 0 Å². The first kappa shape index (κ1) is 13.6. The van der Waals surface area contributed by atoms with Gasteiger partial charge in [0.1, 0.15) is 5.75 Å². The highest BCUT2D eigenvalue weighted by Gasteiger charge is 2.10. The quantitative estimate of drug-likeness (QED) is 0.634. The summed E-state index contributed by atoms with van der Waals surface area (Å²) in [4.78, 5) is 11.3. The normalized spacial score (nSPS) is 12.9. The number of nitrogens with one attached hydrogen (secondary N) is 1. The number of carbonyl (C=O) groups excluding carboxylic acids is 1. The van der Waals surface area contributed by atoms with Gasteiger partial charge in [0.05, 0.1) is 0 Å². The Morgan fingerprint density at radius 2 is 2.00 bits per heavy atom. The van der Waals surface area contributed by atoms with Gasteiger partial charge < -0.3 is 11.1 Å². The Morgan fingerprint density at radius 3 is 2.43 bits per heavy atom. The molecule has 0 aliphatic carbocycles. The minimum Gasteiger partial charge on any atom is -0.353 e. The summed E-state index contributed by atoms with van der Waals surface area (Å²) < 4.78 is 11.2. The average Bonchev–Trinajstić information content (AvgIpc) is 2.14. The molecule has 0 saturated heterocycles. The molecule has 0 aromatic carbocycles. The van der Waals surface area contributed by atoms with Gasteiger partial charge in [-0.05, 0) is 12.8 Å². The smallest absolute Gasteiger partial charge is 0.232 e. The molecule has 0 spiro atoms. The van der Waals surface area contributed by atoms with Gasteiger partial charge in [-0.25, -0.2) is 0 Å². The number of hydrogen-bond donors (Lipinski definition) is 2. The lowest BCUT2D eigenvalue weighted by Crippen LogP contribution is -2.37. The van der Waals surface area contributed by atoms with Crippen LogP contribution < -0.4 is 11.1 Å². The lowest BCUT2D eigenvalue weighted by Gasteiger charge is -2.14. The molecule has 0 rings (SSSR count). The zero-order valence-electron chi connectivity index (χ0n) is 8.91. The van der Waals surface area contributed by atoms with Crippen LogP contribution in [-0.4, -0.2) is 34.2 Å². The standard InChI is InChI=1S/C9H20N2O2S/c1-3-8(4-2)11-9(12)7-14(13)6-5-10/h8H,3-7,10H2,1-2H3,(H,11,12). The lowest BCUT2D eigenvalue weighted by atomic mass is 10.2. The second kappa shape index (κ2) is 7.94. The van der Waals surface area contributed by atoms with Crippen LogP contribution in [-0.2, 0) is 15.6 Å². The van der Waals surface area contributed by atoms with Crippen molar-refractivity contribution < 1.29 is 9.00 Å². The second-order valence-electron chi connectivity index (χ2n) is 3.16. The monoisotopic (exact) mass is 220 g/mol. The Labute approximate surface area is 88.1 Å². The van der Waals surface area contributed by atoms with E-state index in [0.717, 1.165) is 12.8 Å². The van der Waals surface area contributed by atoms with Gasteiger partial charge in [-0.3, -0.25) is 9.00 Å². The summed E-state index contributed by atoms with van der Waals surface area (Å²) in [5.74, 6) is 0.342. The van der Waals surface area contributed by atoms with Crippen molar-refractivity contribution in [3.63, 3.8) is 0 Å². The maximum Gasteiger partial charge on any atom is 0.232 e. The van der Waals surface area contributed by atoms with Crippen LogP contribution in [0.15, 0.2) is 0 Å². The molecule has 0 aromatic heterocycles. The van der Waals surface area contributed by atoms with Crippen LogP contribution in [0.3, 0.4) is 0 Å². The summed E-state index contributed by atoms with van der Waals surface area (Å²) >= 11 is 0. The molecule has 5 heteroatoms. The highest BCUT2D eigenvalue weighted by Crippen LogP contribution is 1.95. The van der Waals surface area contributed by atoms with Gasteiger partial charge in [0.2, 0.25) is 5.91 Å². The molecule has 84 valence electrons. The van der Waals surface area contributed by atoms with Crippen LogP contribution in [0.2, 0.25) is 0 Å². The van der Waals surface area contributed by atoms with E-state index in [9.17, 15) is 9.00 Å². The molecule has 0 fully saturated rings. The van der Waals surface area contributed by atoms with Crippen molar-refractivity contribution in [2.75, 3.05) is 18.1 Å². The van der Waals surface area contributed by atoms with Crippen molar-refractivity contribution in [1.82, 2.24) is 5.32 Å². The number of rotatable bonds is 7. The number of hydrogen-bond acceptors (Lipinski definition) is 3. The van der Waals surface area contributed by atoms with E-state index in [-0.39, 0.29) is 17.7 Å². The van der Waals surface area contributed by atoms with Gasteiger partial charge in [0.15, 0.2) is 0 Å². The third-order valence-corrected chi connectivity index (χ3v) is 3.26. The molecule has 1 unspecified atom stereocenters. The van der Waals surface area contributed by atoms with Gasteiger partial charge >= 0.3 is 0 Å². The molecule has 3 N–H and O–H groups in total. The summed E-state index contributed by atoms with van der Waals surface area (Å²) in [5.41, 5.74) is 5.23. The van der Waals surface area contributed by atoms with E-state index in [1.165, 1.54) is 0 Å². The van der Waals surface area contributed by atoms with E-state index in [0.29, 0.717) is 12.3 Å². The van der Waals surface area contributed by atoms with Crippen molar-refractivity contribution in [3.8, 4) is 0 Å². The fourth-order valence-corrected chi connectivity index (χ4v) is 1.89. The summed E-state index contributed by atoms with van der Waals surface area (Å²) in [5, 5.41) is 2.83. The Kier molecular flexibility index (Phi) is 7.70. The topological polar surface area (TPSA) is 72.2 Å². The van der Waals surface area contributed by atoms with E-state index in [1.807, 2.05) is 13.8 Å². The molecule has 0 bridgehead atoms. The van der Waals surface area contributed by atoms with Crippen LogP contribution in [0.5, 0.6) is 0 Å². The van der Waals surface area contributed by atoms with Gasteiger partial charge in [0.25, 0.3) is 0 Å². The van der Waals surface area contributed by atoms with E-state index >= 15 is 0 Å². The van der Waals surface area contributed by atoms with Crippen molar-refractivity contribution in [2.45, 2.75) is 32.7 Å². The van der Waals surface area contributed by atoms with Crippen molar-refractivity contribution >= 4 is 16.7 Å². The van der Waals surface area contributed by atoms with Crippen LogP contribution in [0.1, 0.15) is 26.7 Å². The maximum atomic E-state index is 11.3. The molecule has 0 aliphatic heterocycles. The Bertz CT molecular complexity index is 193. The molecular weight excluding hydrogens is 200 g/mol. The zero-order chi connectivity index (χ0) is 11.0. The second-order valence-corrected chi connectivity index (χ2v) is 4.73. The predicted octanol–water partition coefficient (Wildman–Crippen LogP) is -0.00140. The maximum absolute atomic E-state index is 11.3. The Balaban J connectivity index is 3.79. The fourth-order valence-electron chi connectivity index (χ4n) is 1.11. The van der Waals surface area contributed by atoms with Crippen LogP contribution in [0, 0.1) is 0 Å². The van der Waals surface area contributed by atoms with Crippen molar-refractivity contribution in [3.05, 3.63) is 0 Å². The molecule has 14 heavy (non-hydrogen) atoms. The van der Waals surface area contributed by atoms with Crippen LogP contribution in [0.25, 0.3) is 0 Å². The van der Waals surface area contributed by atoms with E-state index < -0.39 is 10.8 Å². The number of nitrogens with two attached hydrogens (primary N) is 1. The molecule has 0 heterocycles. The first-order chi connectivity index (χ1) is 6.63. The number of carbonyl (C=O) groups is 1. The first-order valence-corrected chi connectivity index (χ1v) is 6.47. The largest absolute Gasteiger partial charge is 0.353 e. The third kappa shape index (κ3) is 6.10. The van der Waals surface area contributed by atoms with Gasteiger partial charge in [-0.15, -0.1) is 0 Å². The molecule has 0 saturated carbocycles. The third-order valence-electron chi connectivity index (χ3n) is 1.99. The van der Waals surface area contributed by atoms with Gasteiger partial charge in [-0.2, -0.15) is 0 Å². The highest BCUT2D eigenvalue weighted by molar-refractivity contribution is 7.85. The zero-order valence-corrected chi connectivity index (χ0v) is 9.73.